The Hall–Kier alpha value is -0.640. The van der Waals surface area contributed by atoms with Crippen LogP contribution in [0.4, 0.5) is 4.39 Å². The molecule has 2 rings (SSSR count). The molecule has 0 amide bonds. The molecule has 1 fully saturated rings. The zero-order valence-corrected chi connectivity index (χ0v) is 9.77. The number of hydrogen-bond donors (Lipinski definition) is 1. The molecule has 2 N–H and O–H groups in total. The maximum atomic E-state index is 13.3. The molecule has 88 valence electrons. The summed E-state index contributed by atoms with van der Waals surface area (Å²) in [6.45, 7) is 1.27. The highest BCUT2D eigenvalue weighted by atomic mass is 35.5. The summed E-state index contributed by atoms with van der Waals surface area (Å²) in [4.78, 5) is 0. The summed E-state index contributed by atoms with van der Waals surface area (Å²) in [7, 11) is 0. The van der Waals surface area contributed by atoms with Gasteiger partial charge in [-0.25, -0.2) is 4.39 Å². The van der Waals surface area contributed by atoms with E-state index in [0.29, 0.717) is 13.0 Å². The van der Waals surface area contributed by atoms with Gasteiger partial charge in [-0.2, -0.15) is 0 Å². The molecule has 4 heteroatoms. The largest absolute Gasteiger partial charge is 0.380 e. The van der Waals surface area contributed by atoms with Gasteiger partial charge in [0.25, 0.3) is 0 Å². The second kappa shape index (κ2) is 4.70. The minimum absolute atomic E-state index is 0.179. The van der Waals surface area contributed by atoms with Crippen LogP contribution in [0.3, 0.4) is 0 Å². The average Bonchev–Trinajstić information content (AvgIpc) is 2.26. The zero-order chi connectivity index (χ0) is 11.6. The predicted octanol–water partition coefficient (Wildman–Crippen LogP) is 2.53. The van der Waals surface area contributed by atoms with Crippen LogP contribution in [0.25, 0.3) is 0 Å². The first-order valence-electron chi connectivity index (χ1n) is 5.40. The van der Waals surface area contributed by atoms with Crippen molar-refractivity contribution in [2.24, 2.45) is 5.73 Å². The van der Waals surface area contributed by atoms with Gasteiger partial charge in [-0.1, -0.05) is 23.7 Å². The van der Waals surface area contributed by atoms with Crippen molar-refractivity contribution in [3.8, 4) is 0 Å². The monoisotopic (exact) mass is 243 g/mol. The molecule has 1 heterocycles. The van der Waals surface area contributed by atoms with E-state index in [0.717, 1.165) is 25.0 Å². The lowest BCUT2D eigenvalue weighted by atomic mass is 9.87. The molecule has 0 saturated carbocycles. The molecule has 0 spiro atoms. The van der Waals surface area contributed by atoms with Crippen LogP contribution in [0.5, 0.6) is 0 Å². The quantitative estimate of drug-likeness (QED) is 0.866. The summed E-state index contributed by atoms with van der Waals surface area (Å²) >= 11 is 5.90. The number of halogens is 2. The summed E-state index contributed by atoms with van der Waals surface area (Å²) in [6, 6.07) is 4.82. The fraction of sp³-hybridized carbons (Fsp3) is 0.500. The summed E-state index contributed by atoms with van der Waals surface area (Å²) in [5.41, 5.74) is 6.56. The third-order valence-electron chi connectivity index (χ3n) is 2.93. The van der Waals surface area contributed by atoms with E-state index in [4.69, 9.17) is 22.1 Å². The maximum Gasteiger partial charge on any atom is 0.142 e. The van der Waals surface area contributed by atoms with E-state index >= 15 is 0 Å². The van der Waals surface area contributed by atoms with Crippen LogP contribution in [0.1, 0.15) is 18.4 Å². The normalized spacial score (nSPS) is 25.7. The van der Waals surface area contributed by atoms with Crippen LogP contribution in [0.15, 0.2) is 18.2 Å². The Balaban J connectivity index is 2.16. The Morgan fingerprint density at radius 2 is 2.31 bits per heavy atom. The number of benzene rings is 1. The topological polar surface area (TPSA) is 35.2 Å². The summed E-state index contributed by atoms with van der Waals surface area (Å²) in [6.07, 6.45) is 2.40. The molecule has 1 aliphatic heterocycles. The number of rotatable bonds is 2. The van der Waals surface area contributed by atoms with Crippen LogP contribution >= 0.6 is 11.6 Å². The van der Waals surface area contributed by atoms with Crippen molar-refractivity contribution >= 4 is 11.6 Å². The lowest BCUT2D eigenvalue weighted by molar-refractivity contribution is 0.0382. The minimum Gasteiger partial charge on any atom is -0.380 e. The van der Waals surface area contributed by atoms with Gasteiger partial charge in [0.15, 0.2) is 0 Å². The van der Waals surface area contributed by atoms with Gasteiger partial charge in [0.05, 0.1) is 11.6 Å². The smallest absolute Gasteiger partial charge is 0.142 e. The van der Waals surface area contributed by atoms with Crippen LogP contribution in [-0.4, -0.2) is 18.8 Å². The van der Waals surface area contributed by atoms with Gasteiger partial charge in [0, 0.05) is 12.1 Å². The van der Waals surface area contributed by atoms with Crippen LogP contribution in [0, 0.1) is 5.82 Å². The molecule has 1 unspecified atom stereocenters. The first-order chi connectivity index (χ1) is 7.61. The van der Waals surface area contributed by atoms with Crippen molar-refractivity contribution in [1.29, 1.82) is 0 Å². The second-order valence-corrected chi connectivity index (χ2v) is 4.79. The van der Waals surface area contributed by atoms with E-state index in [1.807, 2.05) is 6.07 Å². The van der Waals surface area contributed by atoms with E-state index < -0.39 is 5.54 Å². The van der Waals surface area contributed by atoms with Gasteiger partial charge in [-0.3, -0.25) is 0 Å². The van der Waals surface area contributed by atoms with Crippen molar-refractivity contribution < 1.29 is 9.13 Å². The van der Waals surface area contributed by atoms with Crippen molar-refractivity contribution in [2.75, 3.05) is 13.2 Å². The third kappa shape index (κ3) is 2.54. The van der Waals surface area contributed by atoms with E-state index in [2.05, 4.69) is 0 Å². The van der Waals surface area contributed by atoms with Crippen molar-refractivity contribution in [3.05, 3.63) is 34.6 Å². The first-order valence-corrected chi connectivity index (χ1v) is 5.78. The van der Waals surface area contributed by atoms with Gasteiger partial charge in [0.2, 0.25) is 0 Å². The number of hydrogen-bond acceptors (Lipinski definition) is 2. The fourth-order valence-corrected chi connectivity index (χ4v) is 2.27. The fourth-order valence-electron chi connectivity index (χ4n) is 2.08. The molecular formula is C12H15ClFNO. The van der Waals surface area contributed by atoms with Crippen LogP contribution in [0.2, 0.25) is 5.02 Å². The third-order valence-corrected chi connectivity index (χ3v) is 3.35. The Labute approximate surface area is 99.5 Å². The second-order valence-electron chi connectivity index (χ2n) is 4.41. The molecule has 0 aromatic heterocycles. The van der Waals surface area contributed by atoms with Crippen molar-refractivity contribution in [3.63, 3.8) is 0 Å². The lowest BCUT2D eigenvalue weighted by Gasteiger charge is -2.33. The number of nitrogens with two attached hydrogens (primary N) is 1. The van der Waals surface area contributed by atoms with Gasteiger partial charge < -0.3 is 10.5 Å². The SMILES string of the molecule is NC1(Cc2cccc(F)c2Cl)CCCOC1. The number of ether oxygens (including phenoxy) is 1. The molecule has 0 bridgehead atoms. The van der Waals surface area contributed by atoms with E-state index in [9.17, 15) is 4.39 Å². The van der Waals surface area contributed by atoms with E-state index in [1.165, 1.54) is 6.07 Å². The van der Waals surface area contributed by atoms with Gasteiger partial charge in [0.1, 0.15) is 5.82 Å². The van der Waals surface area contributed by atoms with Gasteiger partial charge >= 0.3 is 0 Å². The summed E-state index contributed by atoms with van der Waals surface area (Å²) in [5.74, 6) is -0.389. The van der Waals surface area contributed by atoms with Crippen LogP contribution < -0.4 is 5.73 Å². The maximum absolute atomic E-state index is 13.3. The molecule has 0 radical (unpaired) electrons. The summed E-state index contributed by atoms with van der Waals surface area (Å²) in [5, 5.41) is 0.179. The van der Waals surface area contributed by atoms with Gasteiger partial charge in [-0.15, -0.1) is 0 Å². The zero-order valence-electron chi connectivity index (χ0n) is 9.01. The molecule has 2 nitrogen and oxygen atoms in total. The predicted molar refractivity (Wildman–Crippen MR) is 62.1 cm³/mol. The Morgan fingerprint density at radius 1 is 1.50 bits per heavy atom. The Kier molecular flexibility index (Phi) is 3.47. The molecule has 16 heavy (non-hydrogen) atoms. The standard InChI is InChI=1S/C12H15ClFNO/c13-11-9(3-1-4-10(11)14)7-12(15)5-2-6-16-8-12/h1,3-4H,2,5-8,15H2. The Bertz CT molecular complexity index is 377. The molecule has 1 aromatic carbocycles. The molecular weight excluding hydrogens is 229 g/mol. The summed E-state index contributed by atoms with van der Waals surface area (Å²) < 4.78 is 18.6. The highest BCUT2D eigenvalue weighted by Gasteiger charge is 2.29. The first kappa shape index (κ1) is 11.8. The molecule has 1 saturated heterocycles. The molecule has 1 aromatic rings. The Morgan fingerprint density at radius 3 is 3.00 bits per heavy atom. The van der Waals surface area contributed by atoms with Crippen LogP contribution in [-0.2, 0) is 11.2 Å². The van der Waals surface area contributed by atoms with E-state index in [-0.39, 0.29) is 10.8 Å². The van der Waals surface area contributed by atoms with Gasteiger partial charge in [-0.05, 0) is 30.9 Å². The molecule has 1 aliphatic rings. The lowest BCUT2D eigenvalue weighted by Crippen LogP contribution is -2.49. The highest BCUT2D eigenvalue weighted by molar-refractivity contribution is 6.31. The highest BCUT2D eigenvalue weighted by Crippen LogP contribution is 2.27. The van der Waals surface area contributed by atoms with Crippen molar-refractivity contribution in [2.45, 2.75) is 24.8 Å². The molecule has 0 aliphatic carbocycles. The molecule has 1 atom stereocenters. The minimum atomic E-state index is -0.407. The average molecular weight is 244 g/mol. The van der Waals surface area contributed by atoms with Crippen molar-refractivity contribution in [1.82, 2.24) is 0 Å². The van der Waals surface area contributed by atoms with E-state index in [1.54, 1.807) is 6.07 Å².